The molecule has 0 aromatic rings. The molecule has 0 heterocycles. The number of allylic oxidation sites excluding steroid dienone is 8. The van der Waals surface area contributed by atoms with Crippen molar-refractivity contribution in [3.63, 3.8) is 0 Å². The van der Waals surface area contributed by atoms with Gasteiger partial charge < -0.3 is 19.8 Å². The predicted molar refractivity (Wildman–Crippen MR) is 180 cm³/mol. The third-order valence-electron chi connectivity index (χ3n) is 14.1. The van der Waals surface area contributed by atoms with E-state index in [2.05, 4.69) is 65.8 Å². The molecule has 0 N–H and O–H groups in total. The van der Waals surface area contributed by atoms with Gasteiger partial charge in [-0.2, -0.15) is 0 Å². The van der Waals surface area contributed by atoms with Gasteiger partial charge in [-0.15, -0.1) is 0 Å². The van der Waals surface area contributed by atoms with E-state index in [1.165, 1.54) is 36.8 Å². The zero-order chi connectivity index (χ0) is 32.2. The van der Waals surface area contributed by atoms with Crippen molar-refractivity contribution in [2.75, 3.05) is 0 Å². The standard InChI is InChI=1S/2C20H30O2.Pb/c2*1-13(2)14-6-8-16-15(12-14)7-9-17-19(16,3)10-5-11-20(17,4)18(21)22;/h2*7,12-13,16-17H,5-6,8-11H2,1-4H3,(H,21,22);/q;;+2/p-2/t2*16-,17+,19+,20+;/m00./s1. The van der Waals surface area contributed by atoms with Gasteiger partial charge in [0.15, 0.2) is 0 Å². The molecule has 0 saturated heterocycles. The average molecular weight is 810 g/mol. The van der Waals surface area contributed by atoms with E-state index in [4.69, 9.17) is 0 Å². The third kappa shape index (κ3) is 6.25. The Morgan fingerprint density at radius 3 is 1.33 bits per heavy atom. The van der Waals surface area contributed by atoms with Gasteiger partial charge in [0.2, 0.25) is 0 Å². The molecule has 0 spiro atoms. The first-order chi connectivity index (χ1) is 20.6. The van der Waals surface area contributed by atoms with E-state index in [0.717, 1.165) is 51.4 Å². The van der Waals surface area contributed by atoms with Gasteiger partial charge in [-0.1, -0.05) is 104 Å². The van der Waals surface area contributed by atoms with Crippen molar-refractivity contribution in [2.24, 2.45) is 57.2 Å². The van der Waals surface area contributed by atoms with Gasteiger partial charge in [-0.3, -0.25) is 0 Å². The molecule has 2 radical (unpaired) electrons. The summed E-state index contributed by atoms with van der Waals surface area (Å²) in [4.78, 5) is 23.7. The molecule has 246 valence electrons. The fourth-order valence-electron chi connectivity index (χ4n) is 11.2. The molecule has 2 saturated carbocycles. The largest absolute Gasteiger partial charge is 2.00 e. The Morgan fingerprint density at radius 1 is 0.667 bits per heavy atom. The van der Waals surface area contributed by atoms with Gasteiger partial charge in [0, 0.05) is 22.8 Å². The van der Waals surface area contributed by atoms with Crippen molar-refractivity contribution in [2.45, 2.75) is 132 Å². The SMILES string of the molecule is CC(C)C1=CC2=CC[C@@H]3[C@](C)(CCC[C@@]3(C)C(=O)[O-])[C@H]2CC1.CC(C)C1=CC2=CC[C@@H]3[C@](C)(CCC[C@@]3(C)C(=O)[O-])[C@H]2CC1.[Pb+2]. The minimum Gasteiger partial charge on any atom is -0.550 e. The summed E-state index contributed by atoms with van der Waals surface area (Å²) in [6, 6.07) is 0. The minimum atomic E-state index is -0.838. The Labute approximate surface area is 293 Å². The van der Waals surface area contributed by atoms with Crippen LogP contribution in [0.25, 0.3) is 0 Å². The van der Waals surface area contributed by atoms with Crippen LogP contribution in [-0.4, -0.2) is 39.2 Å². The van der Waals surface area contributed by atoms with Crippen LogP contribution in [0.3, 0.4) is 0 Å². The maximum Gasteiger partial charge on any atom is 2.00 e. The minimum absolute atomic E-state index is 0. The van der Waals surface area contributed by atoms with Crippen LogP contribution in [0.4, 0.5) is 0 Å². The summed E-state index contributed by atoms with van der Waals surface area (Å²) < 4.78 is 0. The summed E-state index contributed by atoms with van der Waals surface area (Å²) in [7, 11) is 0. The van der Waals surface area contributed by atoms with Gasteiger partial charge in [0.05, 0.1) is 0 Å². The zero-order valence-electron chi connectivity index (χ0n) is 29.4. The fourth-order valence-corrected chi connectivity index (χ4v) is 11.2. The van der Waals surface area contributed by atoms with Crippen LogP contribution in [0.15, 0.2) is 46.6 Å². The van der Waals surface area contributed by atoms with E-state index in [-0.39, 0.29) is 50.0 Å². The Kier molecular flexibility index (Phi) is 10.9. The Hall–Kier alpha value is -1.18. The summed E-state index contributed by atoms with van der Waals surface area (Å²) in [6.45, 7) is 17.7. The molecule has 0 aromatic heterocycles. The maximum atomic E-state index is 11.8. The molecule has 6 aliphatic carbocycles. The Balaban J connectivity index is 0.000000200. The number of rotatable bonds is 4. The van der Waals surface area contributed by atoms with Gasteiger partial charge in [0.25, 0.3) is 0 Å². The molecule has 0 aromatic carbocycles. The summed E-state index contributed by atoms with van der Waals surface area (Å²) >= 11 is 0. The second kappa shape index (κ2) is 13.4. The van der Waals surface area contributed by atoms with E-state index >= 15 is 0 Å². The summed E-state index contributed by atoms with van der Waals surface area (Å²) in [5.41, 5.74) is 5.01. The molecule has 6 rings (SSSR count). The second-order valence-electron chi connectivity index (χ2n) is 17.0. The molecule has 4 nitrogen and oxygen atoms in total. The smallest absolute Gasteiger partial charge is 0.550 e. The molecule has 2 fully saturated rings. The monoisotopic (exact) mass is 810 g/mol. The number of carboxylic acid groups (broad SMARTS) is 2. The second-order valence-corrected chi connectivity index (χ2v) is 17.0. The topological polar surface area (TPSA) is 80.3 Å². The molecule has 0 aliphatic heterocycles. The van der Waals surface area contributed by atoms with E-state index in [1.807, 2.05) is 13.8 Å². The van der Waals surface area contributed by atoms with Gasteiger partial charge >= 0.3 is 27.3 Å². The third-order valence-corrected chi connectivity index (χ3v) is 14.1. The molecule has 0 bridgehead atoms. The number of carbonyl (C=O) groups excluding carboxylic acids is 2. The first kappa shape index (κ1) is 36.7. The number of carbonyl (C=O) groups is 2. The predicted octanol–water partition coefficient (Wildman–Crippen LogP) is 7.36. The average Bonchev–Trinajstić information content (AvgIpc) is 2.96. The molecule has 0 unspecified atom stereocenters. The molecule has 45 heavy (non-hydrogen) atoms. The van der Waals surface area contributed by atoms with Crippen LogP contribution in [0.5, 0.6) is 0 Å². The summed E-state index contributed by atoms with van der Waals surface area (Å²) in [6.07, 6.45) is 21.9. The Morgan fingerprint density at radius 2 is 1.02 bits per heavy atom. The number of carboxylic acids is 2. The van der Waals surface area contributed by atoms with E-state index in [9.17, 15) is 19.8 Å². The van der Waals surface area contributed by atoms with Crippen LogP contribution < -0.4 is 10.2 Å². The normalized spacial score (nSPS) is 40.4. The van der Waals surface area contributed by atoms with Crippen LogP contribution >= 0.6 is 0 Å². The number of hydrogen-bond acceptors (Lipinski definition) is 4. The summed E-state index contributed by atoms with van der Waals surface area (Å²) in [5.74, 6) is 1.08. The Bertz CT molecular complexity index is 1190. The van der Waals surface area contributed by atoms with Crippen molar-refractivity contribution in [3.05, 3.63) is 46.6 Å². The molecular formula is C40H58O4Pb. The summed E-state index contributed by atoms with van der Waals surface area (Å²) in [5, 5.41) is 23.7. The van der Waals surface area contributed by atoms with Gasteiger partial charge in [0.1, 0.15) is 0 Å². The van der Waals surface area contributed by atoms with Crippen LogP contribution in [0.2, 0.25) is 0 Å². The maximum absolute atomic E-state index is 11.8. The van der Waals surface area contributed by atoms with Crippen molar-refractivity contribution < 1.29 is 19.8 Å². The zero-order valence-corrected chi connectivity index (χ0v) is 33.3. The van der Waals surface area contributed by atoms with Crippen LogP contribution in [-0.2, 0) is 9.59 Å². The molecule has 6 aliphatic rings. The van der Waals surface area contributed by atoms with Crippen molar-refractivity contribution in [3.8, 4) is 0 Å². The van der Waals surface area contributed by atoms with Crippen molar-refractivity contribution in [1.82, 2.24) is 0 Å². The number of aliphatic carboxylic acids is 2. The fraction of sp³-hybridized carbons (Fsp3) is 0.750. The number of hydrogen-bond donors (Lipinski definition) is 0. The molecule has 5 heteroatoms. The van der Waals surface area contributed by atoms with Gasteiger partial charge in [-0.25, -0.2) is 0 Å². The quantitative estimate of drug-likeness (QED) is 0.278. The van der Waals surface area contributed by atoms with Crippen LogP contribution in [0.1, 0.15) is 132 Å². The first-order valence-corrected chi connectivity index (χ1v) is 17.8. The van der Waals surface area contributed by atoms with E-state index < -0.39 is 22.8 Å². The van der Waals surface area contributed by atoms with E-state index in [0.29, 0.717) is 23.7 Å². The van der Waals surface area contributed by atoms with Crippen molar-refractivity contribution in [1.29, 1.82) is 0 Å². The van der Waals surface area contributed by atoms with Gasteiger partial charge in [-0.05, 0) is 122 Å². The van der Waals surface area contributed by atoms with E-state index in [1.54, 1.807) is 11.1 Å². The number of fused-ring (bicyclic) bond motifs is 6. The molecule has 8 atom stereocenters. The first-order valence-electron chi connectivity index (χ1n) is 17.8. The molecular weight excluding hydrogens is 752 g/mol. The van der Waals surface area contributed by atoms with Crippen LogP contribution in [0, 0.1) is 57.2 Å². The van der Waals surface area contributed by atoms with Crippen molar-refractivity contribution >= 4 is 39.2 Å². The molecule has 0 amide bonds.